The second-order valence-corrected chi connectivity index (χ2v) is 3.11. The predicted molar refractivity (Wildman–Crippen MR) is 56.4 cm³/mol. The first-order chi connectivity index (χ1) is 8.54. The molecule has 1 aromatic heterocycles. The van der Waals surface area contributed by atoms with E-state index < -0.39 is 23.7 Å². The summed E-state index contributed by atoms with van der Waals surface area (Å²) in [5.74, 6) is -0.977. The van der Waals surface area contributed by atoms with E-state index in [-0.39, 0.29) is 18.1 Å². The quantitative estimate of drug-likeness (QED) is 0.771. The average molecular weight is 256 g/mol. The second-order valence-electron chi connectivity index (χ2n) is 3.11. The first kappa shape index (κ1) is 13.8. The molecule has 7 heteroatoms. The van der Waals surface area contributed by atoms with Crippen LogP contribution in [0.5, 0.6) is 5.75 Å². The van der Waals surface area contributed by atoms with Crippen molar-refractivity contribution in [2.24, 2.45) is 0 Å². The van der Waals surface area contributed by atoms with E-state index in [4.69, 9.17) is 14.7 Å². The summed E-state index contributed by atoms with van der Waals surface area (Å²) in [7, 11) is 1.21. The number of pyridine rings is 1. The highest BCUT2D eigenvalue weighted by molar-refractivity contribution is 5.90. The van der Waals surface area contributed by atoms with Crippen molar-refractivity contribution in [3.05, 3.63) is 23.0 Å². The molecule has 0 saturated carbocycles. The van der Waals surface area contributed by atoms with E-state index in [1.807, 2.05) is 0 Å². The van der Waals surface area contributed by atoms with Crippen LogP contribution in [0.1, 0.15) is 35.1 Å². The maximum absolute atomic E-state index is 12.6. The van der Waals surface area contributed by atoms with Crippen LogP contribution in [0.4, 0.5) is 8.78 Å². The zero-order valence-corrected chi connectivity index (χ0v) is 9.74. The zero-order valence-electron chi connectivity index (χ0n) is 9.74. The summed E-state index contributed by atoms with van der Waals surface area (Å²) in [4.78, 5) is 15.1. The highest BCUT2D eigenvalue weighted by Crippen LogP contribution is 2.28. The molecule has 0 saturated heterocycles. The number of hydrogen-bond acceptors (Lipinski definition) is 5. The van der Waals surface area contributed by atoms with Crippen molar-refractivity contribution in [1.29, 1.82) is 5.26 Å². The Bertz CT molecular complexity index is 498. The number of alkyl halides is 2. The van der Waals surface area contributed by atoms with Crippen molar-refractivity contribution in [3.8, 4) is 11.8 Å². The van der Waals surface area contributed by atoms with Gasteiger partial charge in [-0.15, -0.1) is 0 Å². The molecule has 0 aliphatic heterocycles. The van der Waals surface area contributed by atoms with Crippen molar-refractivity contribution < 1.29 is 23.0 Å². The normalized spacial score (nSPS) is 10.0. The Morgan fingerprint density at radius 1 is 1.61 bits per heavy atom. The van der Waals surface area contributed by atoms with Crippen molar-refractivity contribution in [1.82, 2.24) is 4.98 Å². The first-order valence-corrected chi connectivity index (χ1v) is 4.99. The largest absolute Gasteiger partial charge is 0.494 e. The fourth-order valence-electron chi connectivity index (χ4n) is 1.27. The average Bonchev–Trinajstić information content (AvgIpc) is 2.37. The topological polar surface area (TPSA) is 72.2 Å². The van der Waals surface area contributed by atoms with Gasteiger partial charge in [0.15, 0.2) is 17.1 Å². The van der Waals surface area contributed by atoms with Gasteiger partial charge in [-0.05, 0) is 13.0 Å². The molecule has 0 atom stereocenters. The number of ether oxygens (including phenoxy) is 2. The monoisotopic (exact) mass is 256 g/mol. The van der Waals surface area contributed by atoms with Crippen LogP contribution in [0.15, 0.2) is 6.07 Å². The van der Waals surface area contributed by atoms with Gasteiger partial charge in [-0.1, -0.05) is 0 Å². The summed E-state index contributed by atoms with van der Waals surface area (Å²) in [6, 6.07) is 2.43. The Labute approximate surface area is 102 Å². The van der Waals surface area contributed by atoms with Gasteiger partial charge in [0, 0.05) is 0 Å². The van der Waals surface area contributed by atoms with Crippen LogP contribution >= 0.6 is 0 Å². The molecule has 0 aliphatic carbocycles. The Hall–Kier alpha value is -2.23. The maximum Gasteiger partial charge on any atom is 0.360 e. The van der Waals surface area contributed by atoms with Crippen molar-refractivity contribution in [2.75, 3.05) is 13.7 Å². The summed E-state index contributed by atoms with van der Waals surface area (Å²) in [6.07, 6.45) is -2.88. The highest BCUT2D eigenvalue weighted by atomic mass is 19.3. The molecule has 18 heavy (non-hydrogen) atoms. The van der Waals surface area contributed by atoms with Crippen LogP contribution < -0.4 is 4.74 Å². The number of halogens is 2. The molecule has 1 heterocycles. The lowest BCUT2D eigenvalue weighted by Gasteiger charge is -2.10. The molecule has 1 aromatic rings. The number of esters is 1. The van der Waals surface area contributed by atoms with Crippen LogP contribution in [0, 0.1) is 11.3 Å². The second kappa shape index (κ2) is 5.91. The molecule has 0 fully saturated rings. The summed E-state index contributed by atoms with van der Waals surface area (Å²) in [5.41, 5.74) is -1.39. The Balaban J connectivity index is 3.36. The van der Waals surface area contributed by atoms with Gasteiger partial charge >= 0.3 is 5.97 Å². The lowest BCUT2D eigenvalue weighted by Crippen LogP contribution is -2.11. The number of rotatable bonds is 4. The fourth-order valence-corrected chi connectivity index (χ4v) is 1.27. The van der Waals surface area contributed by atoms with Crippen LogP contribution in [0.25, 0.3) is 0 Å². The van der Waals surface area contributed by atoms with Crippen molar-refractivity contribution in [2.45, 2.75) is 13.3 Å². The Morgan fingerprint density at radius 3 is 2.72 bits per heavy atom. The summed E-state index contributed by atoms with van der Waals surface area (Å²) < 4.78 is 34.8. The van der Waals surface area contributed by atoms with Gasteiger partial charge < -0.3 is 9.47 Å². The standard InChI is InChI=1S/C11H10F2N2O3/c1-3-18-11(16)9-8(17-2)4-6(10(12)13)7(5-14)15-9/h4,10H,3H2,1-2H3. The predicted octanol–water partition coefficient (Wildman–Crippen LogP) is 2.08. The minimum Gasteiger partial charge on any atom is -0.494 e. The van der Waals surface area contributed by atoms with Gasteiger partial charge in [-0.3, -0.25) is 0 Å². The minimum absolute atomic E-state index is 0.0994. The fraction of sp³-hybridized carbons (Fsp3) is 0.364. The number of aromatic nitrogens is 1. The molecule has 5 nitrogen and oxygen atoms in total. The van der Waals surface area contributed by atoms with Gasteiger partial charge in [0.1, 0.15) is 6.07 Å². The third kappa shape index (κ3) is 2.71. The Kier molecular flexibility index (Phi) is 4.54. The molecule has 0 aromatic carbocycles. The molecule has 0 spiro atoms. The van der Waals surface area contributed by atoms with Gasteiger partial charge in [0.05, 0.1) is 19.3 Å². The minimum atomic E-state index is -2.88. The van der Waals surface area contributed by atoms with Crippen LogP contribution in [0.3, 0.4) is 0 Å². The third-order valence-electron chi connectivity index (χ3n) is 2.05. The number of nitriles is 1. The molecule has 0 unspecified atom stereocenters. The van der Waals surface area contributed by atoms with E-state index in [0.717, 1.165) is 6.07 Å². The van der Waals surface area contributed by atoms with Crippen LogP contribution in [-0.2, 0) is 4.74 Å². The van der Waals surface area contributed by atoms with E-state index in [2.05, 4.69) is 4.98 Å². The number of methoxy groups -OCH3 is 1. The molecule has 0 bridgehead atoms. The number of carbonyl (C=O) groups is 1. The van der Waals surface area contributed by atoms with Crippen molar-refractivity contribution in [3.63, 3.8) is 0 Å². The first-order valence-electron chi connectivity index (χ1n) is 4.99. The molecule has 96 valence electrons. The zero-order chi connectivity index (χ0) is 13.7. The van der Waals surface area contributed by atoms with Crippen LogP contribution in [0.2, 0.25) is 0 Å². The summed E-state index contributed by atoms with van der Waals surface area (Å²) >= 11 is 0. The number of hydrogen-bond donors (Lipinski definition) is 0. The Morgan fingerprint density at radius 2 is 2.28 bits per heavy atom. The van der Waals surface area contributed by atoms with E-state index in [0.29, 0.717) is 0 Å². The third-order valence-corrected chi connectivity index (χ3v) is 2.05. The SMILES string of the molecule is CCOC(=O)c1nc(C#N)c(C(F)F)cc1OC. The highest BCUT2D eigenvalue weighted by Gasteiger charge is 2.23. The molecule has 0 N–H and O–H groups in total. The molecule has 0 radical (unpaired) electrons. The summed E-state index contributed by atoms with van der Waals surface area (Å²) in [5, 5.41) is 8.73. The lowest BCUT2D eigenvalue weighted by atomic mass is 10.1. The molecule has 1 rings (SSSR count). The lowest BCUT2D eigenvalue weighted by molar-refractivity contribution is 0.0514. The van der Waals surface area contributed by atoms with E-state index in [9.17, 15) is 13.6 Å². The number of carbonyl (C=O) groups excluding carboxylic acids is 1. The van der Waals surface area contributed by atoms with E-state index in [1.54, 1.807) is 6.92 Å². The smallest absolute Gasteiger partial charge is 0.360 e. The number of nitrogens with zero attached hydrogens (tertiary/aromatic N) is 2. The van der Waals surface area contributed by atoms with Gasteiger partial charge in [0.2, 0.25) is 0 Å². The van der Waals surface area contributed by atoms with E-state index >= 15 is 0 Å². The van der Waals surface area contributed by atoms with Crippen molar-refractivity contribution >= 4 is 5.97 Å². The molecule has 0 aliphatic rings. The van der Waals surface area contributed by atoms with Gasteiger partial charge in [-0.25, -0.2) is 18.6 Å². The maximum atomic E-state index is 12.6. The van der Waals surface area contributed by atoms with Gasteiger partial charge in [-0.2, -0.15) is 5.26 Å². The molecular formula is C11H10F2N2O3. The summed E-state index contributed by atoms with van der Waals surface area (Å²) in [6.45, 7) is 1.69. The van der Waals surface area contributed by atoms with E-state index in [1.165, 1.54) is 13.2 Å². The molecular weight excluding hydrogens is 246 g/mol. The molecule has 0 amide bonds. The van der Waals surface area contributed by atoms with Crippen LogP contribution in [-0.4, -0.2) is 24.7 Å². The van der Waals surface area contributed by atoms with Gasteiger partial charge in [0.25, 0.3) is 6.43 Å².